The summed E-state index contributed by atoms with van der Waals surface area (Å²) in [5.41, 5.74) is 0. The van der Waals surface area contributed by atoms with Gasteiger partial charge in [-0.15, -0.1) is 0 Å². The topological polar surface area (TPSA) is 65.8 Å². The number of furan rings is 1. The average Bonchev–Trinajstić information content (AvgIpc) is 3.22. The maximum absolute atomic E-state index is 11.9. The predicted molar refractivity (Wildman–Crippen MR) is 76.3 cm³/mol. The van der Waals surface area contributed by atoms with Crippen molar-refractivity contribution in [3.63, 3.8) is 0 Å². The lowest BCUT2D eigenvalue weighted by molar-refractivity contribution is -0.134. The van der Waals surface area contributed by atoms with E-state index in [1.54, 1.807) is 12.3 Å². The van der Waals surface area contributed by atoms with Crippen molar-refractivity contribution in [3.8, 4) is 0 Å². The summed E-state index contributed by atoms with van der Waals surface area (Å²) in [5.74, 6) is 1.33. The molecular formula is C15H21N3O3. The third kappa shape index (κ3) is 3.85. The van der Waals surface area contributed by atoms with E-state index in [9.17, 15) is 9.59 Å². The number of hydrogen-bond donors (Lipinski definition) is 1. The van der Waals surface area contributed by atoms with E-state index in [4.69, 9.17) is 4.42 Å². The molecule has 1 saturated carbocycles. The number of hydrogen-bond acceptors (Lipinski definition) is 4. The minimum absolute atomic E-state index is 0.00614. The van der Waals surface area contributed by atoms with Gasteiger partial charge >= 0.3 is 0 Å². The van der Waals surface area contributed by atoms with Gasteiger partial charge in [-0.3, -0.25) is 14.5 Å². The molecular weight excluding hydrogens is 270 g/mol. The van der Waals surface area contributed by atoms with E-state index in [1.165, 1.54) is 0 Å². The van der Waals surface area contributed by atoms with E-state index in [2.05, 4.69) is 10.2 Å². The lowest BCUT2D eigenvalue weighted by Gasteiger charge is -2.34. The van der Waals surface area contributed by atoms with Crippen molar-refractivity contribution >= 4 is 11.8 Å². The Morgan fingerprint density at radius 3 is 2.62 bits per heavy atom. The van der Waals surface area contributed by atoms with Crippen LogP contribution in [0.1, 0.15) is 18.6 Å². The summed E-state index contributed by atoms with van der Waals surface area (Å²) in [6, 6.07) is 3.64. The Labute approximate surface area is 124 Å². The third-order valence-electron chi connectivity index (χ3n) is 4.02. The van der Waals surface area contributed by atoms with Crippen LogP contribution in [0.3, 0.4) is 0 Å². The van der Waals surface area contributed by atoms with Gasteiger partial charge in [0.05, 0.1) is 19.4 Å². The Balaban J connectivity index is 1.36. The van der Waals surface area contributed by atoms with E-state index in [1.807, 2.05) is 11.0 Å². The number of carbonyl (C=O) groups is 2. The van der Waals surface area contributed by atoms with Crippen LogP contribution in [0.15, 0.2) is 22.8 Å². The second-order valence-electron chi connectivity index (χ2n) is 5.73. The minimum atomic E-state index is -0.00614. The molecule has 6 heteroatoms. The summed E-state index contributed by atoms with van der Waals surface area (Å²) >= 11 is 0. The molecule has 1 aromatic heterocycles. The fourth-order valence-corrected chi connectivity index (χ4v) is 2.57. The van der Waals surface area contributed by atoms with Gasteiger partial charge in [-0.05, 0) is 25.0 Å². The van der Waals surface area contributed by atoms with E-state index in [0.29, 0.717) is 19.0 Å². The molecule has 0 bridgehead atoms. The molecule has 0 atom stereocenters. The van der Waals surface area contributed by atoms with Crippen molar-refractivity contribution in [2.24, 2.45) is 5.92 Å². The van der Waals surface area contributed by atoms with Gasteiger partial charge < -0.3 is 14.6 Å². The highest BCUT2D eigenvalue weighted by Crippen LogP contribution is 2.31. The van der Waals surface area contributed by atoms with E-state index in [0.717, 1.165) is 44.8 Å². The summed E-state index contributed by atoms with van der Waals surface area (Å²) < 4.78 is 5.17. The molecule has 2 heterocycles. The normalized spacial score (nSPS) is 19.5. The first kappa shape index (κ1) is 14.1. The van der Waals surface area contributed by atoms with Crippen LogP contribution in [0.2, 0.25) is 0 Å². The van der Waals surface area contributed by atoms with E-state index < -0.39 is 0 Å². The fourth-order valence-electron chi connectivity index (χ4n) is 2.57. The molecule has 1 saturated heterocycles. The van der Waals surface area contributed by atoms with Crippen LogP contribution in [-0.2, 0) is 16.1 Å². The highest BCUT2D eigenvalue weighted by atomic mass is 16.3. The molecule has 1 aliphatic heterocycles. The Kier molecular flexibility index (Phi) is 4.24. The van der Waals surface area contributed by atoms with Crippen molar-refractivity contribution in [1.82, 2.24) is 15.1 Å². The highest BCUT2D eigenvalue weighted by molar-refractivity contribution is 5.81. The number of piperazine rings is 1. The monoisotopic (exact) mass is 291 g/mol. The van der Waals surface area contributed by atoms with Gasteiger partial charge in [0.15, 0.2) is 0 Å². The van der Waals surface area contributed by atoms with Crippen LogP contribution in [0.4, 0.5) is 0 Å². The lowest BCUT2D eigenvalue weighted by atomic mass is 10.2. The molecule has 2 fully saturated rings. The predicted octanol–water partition coefficient (Wildman–Crippen LogP) is 0.450. The van der Waals surface area contributed by atoms with Gasteiger partial charge in [-0.25, -0.2) is 0 Å². The summed E-state index contributed by atoms with van der Waals surface area (Å²) in [5, 5.41) is 2.84. The van der Waals surface area contributed by atoms with Crippen molar-refractivity contribution in [1.29, 1.82) is 0 Å². The fraction of sp³-hybridized carbons (Fsp3) is 0.600. The Morgan fingerprint density at radius 1 is 1.24 bits per heavy atom. The second kappa shape index (κ2) is 6.30. The summed E-state index contributed by atoms with van der Waals surface area (Å²) in [4.78, 5) is 27.8. The van der Waals surface area contributed by atoms with Crippen LogP contribution in [0, 0.1) is 5.92 Å². The van der Waals surface area contributed by atoms with E-state index >= 15 is 0 Å². The summed E-state index contributed by atoms with van der Waals surface area (Å²) in [6.45, 7) is 3.82. The van der Waals surface area contributed by atoms with E-state index in [-0.39, 0.29) is 11.8 Å². The number of rotatable bonds is 5. The SMILES string of the molecule is O=C(CN1CCN(C(=O)C2CC2)CC1)NCc1ccco1. The third-order valence-corrected chi connectivity index (χ3v) is 4.02. The number of carbonyl (C=O) groups excluding carboxylic acids is 2. The molecule has 21 heavy (non-hydrogen) atoms. The first-order valence-electron chi connectivity index (χ1n) is 7.52. The van der Waals surface area contributed by atoms with Gasteiger partial charge in [-0.2, -0.15) is 0 Å². The molecule has 3 rings (SSSR count). The molecule has 1 aromatic rings. The van der Waals surface area contributed by atoms with Gasteiger partial charge in [-0.1, -0.05) is 0 Å². The summed E-state index contributed by atoms with van der Waals surface area (Å²) in [6.07, 6.45) is 3.69. The molecule has 6 nitrogen and oxygen atoms in total. The minimum Gasteiger partial charge on any atom is -0.467 e. The first-order valence-corrected chi connectivity index (χ1v) is 7.52. The maximum atomic E-state index is 11.9. The molecule has 0 aromatic carbocycles. The number of amides is 2. The quantitative estimate of drug-likeness (QED) is 0.855. The highest BCUT2D eigenvalue weighted by Gasteiger charge is 2.34. The standard InChI is InChI=1S/C15H21N3O3/c19-14(16-10-13-2-1-9-21-13)11-17-5-7-18(8-6-17)15(20)12-3-4-12/h1-2,9,12H,3-8,10-11H2,(H,16,19). The van der Waals surface area contributed by atoms with Gasteiger partial charge in [0.2, 0.25) is 11.8 Å². The lowest BCUT2D eigenvalue weighted by Crippen LogP contribution is -2.51. The zero-order valence-electron chi connectivity index (χ0n) is 12.1. The van der Waals surface area contributed by atoms with Gasteiger partial charge in [0.1, 0.15) is 5.76 Å². The molecule has 0 radical (unpaired) electrons. The van der Waals surface area contributed by atoms with Crippen LogP contribution >= 0.6 is 0 Å². The van der Waals surface area contributed by atoms with Crippen molar-refractivity contribution < 1.29 is 14.0 Å². The first-order chi connectivity index (χ1) is 10.2. The van der Waals surface area contributed by atoms with Gasteiger partial charge in [0.25, 0.3) is 0 Å². The average molecular weight is 291 g/mol. The number of nitrogens with one attached hydrogen (secondary N) is 1. The molecule has 0 spiro atoms. The molecule has 1 aliphatic carbocycles. The zero-order chi connectivity index (χ0) is 14.7. The molecule has 2 amide bonds. The molecule has 0 unspecified atom stereocenters. The molecule has 114 valence electrons. The Hall–Kier alpha value is -1.82. The van der Waals surface area contributed by atoms with Crippen LogP contribution in [-0.4, -0.2) is 54.3 Å². The Morgan fingerprint density at radius 2 is 2.00 bits per heavy atom. The summed E-state index contributed by atoms with van der Waals surface area (Å²) in [7, 11) is 0. The smallest absolute Gasteiger partial charge is 0.234 e. The largest absolute Gasteiger partial charge is 0.467 e. The van der Waals surface area contributed by atoms with Crippen molar-refractivity contribution in [2.75, 3.05) is 32.7 Å². The Bertz CT molecular complexity index is 488. The van der Waals surface area contributed by atoms with Crippen LogP contribution in [0.5, 0.6) is 0 Å². The maximum Gasteiger partial charge on any atom is 0.234 e. The molecule has 2 aliphatic rings. The van der Waals surface area contributed by atoms with Crippen LogP contribution < -0.4 is 5.32 Å². The second-order valence-corrected chi connectivity index (χ2v) is 5.73. The van der Waals surface area contributed by atoms with Crippen molar-refractivity contribution in [2.45, 2.75) is 19.4 Å². The number of nitrogens with zero attached hydrogens (tertiary/aromatic N) is 2. The van der Waals surface area contributed by atoms with Crippen LogP contribution in [0.25, 0.3) is 0 Å². The van der Waals surface area contributed by atoms with Gasteiger partial charge in [0, 0.05) is 32.1 Å². The molecule has 1 N–H and O–H groups in total. The zero-order valence-corrected chi connectivity index (χ0v) is 12.1. The van der Waals surface area contributed by atoms with Crippen molar-refractivity contribution in [3.05, 3.63) is 24.2 Å².